The van der Waals surface area contributed by atoms with Crippen LogP contribution in [0.5, 0.6) is 0 Å². The highest BCUT2D eigenvalue weighted by Crippen LogP contribution is 2.20. The Balaban J connectivity index is 1.47. The molecule has 3 heterocycles. The van der Waals surface area contributed by atoms with Crippen LogP contribution in [0.1, 0.15) is 12.8 Å². The zero-order valence-corrected chi connectivity index (χ0v) is 15.9. The molecule has 0 bridgehead atoms. The number of benzene rings is 1. The molecule has 4 rings (SSSR count). The van der Waals surface area contributed by atoms with E-state index in [2.05, 4.69) is 19.8 Å². The Morgan fingerprint density at radius 2 is 1.89 bits per heavy atom. The van der Waals surface area contributed by atoms with Crippen LogP contribution in [0.15, 0.2) is 60.0 Å². The second-order valence-electron chi connectivity index (χ2n) is 6.73. The molecule has 0 aliphatic carbocycles. The molecule has 1 aromatic carbocycles. The molecule has 1 aliphatic heterocycles. The van der Waals surface area contributed by atoms with Crippen LogP contribution in [-0.4, -0.2) is 47.1 Å². The van der Waals surface area contributed by atoms with Crippen molar-refractivity contribution in [3.05, 3.63) is 55.1 Å². The SMILES string of the molecule is Cn1cc(N2CCC[C@H](NS(=O)(=O)c3cnn(-c4ccccc4)c3)C2)cn1. The first kappa shape index (κ1) is 17.7. The van der Waals surface area contributed by atoms with Crippen LogP contribution < -0.4 is 9.62 Å². The zero-order valence-electron chi connectivity index (χ0n) is 15.1. The minimum absolute atomic E-state index is 0.149. The summed E-state index contributed by atoms with van der Waals surface area (Å²) in [5.74, 6) is 0. The van der Waals surface area contributed by atoms with Gasteiger partial charge in [0.15, 0.2) is 0 Å². The van der Waals surface area contributed by atoms with Crippen molar-refractivity contribution in [2.24, 2.45) is 7.05 Å². The molecule has 3 aromatic rings. The molecule has 9 heteroatoms. The van der Waals surface area contributed by atoms with Crippen molar-refractivity contribution in [2.75, 3.05) is 18.0 Å². The third-order valence-corrected chi connectivity index (χ3v) is 6.16. The van der Waals surface area contributed by atoms with Gasteiger partial charge in [0.05, 0.1) is 30.0 Å². The van der Waals surface area contributed by atoms with Crippen LogP contribution in [0.25, 0.3) is 5.69 Å². The molecule has 1 atom stereocenters. The van der Waals surface area contributed by atoms with E-state index in [-0.39, 0.29) is 10.9 Å². The van der Waals surface area contributed by atoms with Crippen molar-refractivity contribution in [3.8, 4) is 5.69 Å². The second kappa shape index (κ2) is 7.16. The summed E-state index contributed by atoms with van der Waals surface area (Å²) in [5, 5.41) is 8.38. The molecular weight excluding hydrogens is 364 g/mol. The highest BCUT2D eigenvalue weighted by molar-refractivity contribution is 7.89. The Bertz CT molecular complexity index is 1010. The van der Waals surface area contributed by atoms with E-state index < -0.39 is 10.0 Å². The predicted molar refractivity (Wildman–Crippen MR) is 102 cm³/mol. The zero-order chi connectivity index (χ0) is 18.9. The van der Waals surface area contributed by atoms with Gasteiger partial charge < -0.3 is 4.90 Å². The van der Waals surface area contributed by atoms with Gasteiger partial charge in [0, 0.05) is 32.4 Å². The second-order valence-corrected chi connectivity index (χ2v) is 8.45. The van der Waals surface area contributed by atoms with Gasteiger partial charge in [-0.15, -0.1) is 0 Å². The van der Waals surface area contributed by atoms with Gasteiger partial charge >= 0.3 is 0 Å². The predicted octanol–water partition coefficient (Wildman–Crippen LogP) is 1.55. The van der Waals surface area contributed by atoms with E-state index in [1.807, 2.05) is 43.6 Å². The van der Waals surface area contributed by atoms with Crippen LogP contribution in [0.4, 0.5) is 5.69 Å². The van der Waals surface area contributed by atoms with Crippen molar-refractivity contribution in [1.29, 1.82) is 0 Å². The summed E-state index contributed by atoms with van der Waals surface area (Å²) in [6, 6.07) is 9.29. The first-order valence-electron chi connectivity index (χ1n) is 8.87. The Hall–Kier alpha value is -2.65. The summed E-state index contributed by atoms with van der Waals surface area (Å²) in [4.78, 5) is 2.33. The van der Waals surface area contributed by atoms with E-state index >= 15 is 0 Å². The number of para-hydroxylation sites is 1. The molecule has 27 heavy (non-hydrogen) atoms. The summed E-state index contributed by atoms with van der Waals surface area (Å²) in [5.41, 5.74) is 1.83. The lowest BCUT2D eigenvalue weighted by molar-refractivity contribution is 0.466. The first-order chi connectivity index (χ1) is 13.0. The van der Waals surface area contributed by atoms with Gasteiger partial charge in [0.2, 0.25) is 10.0 Å². The van der Waals surface area contributed by atoms with Crippen molar-refractivity contribution < 1.29 is 8.42 Å². The van der Waals surface area contributed by atoms with Crippen molar-refractivity contribution in [3.63, 3.8) is 0 Å². The van der Waals surface area contributed by atoms with Gasteiger partial charge in [0.25, 0.3) is 0 Å². The summed E-state index contributed by atoms with van der Waals surface area (Å²) in [6.07, 6.45) is 8.41. The fraction of sp³-hybridized carbons (Fsp3) is 0.333. The number of rotatable bonds is 5. The lowest BCUT2D eigenvalue weighted by atomic mass is 10.1. The molecular formula is C18H22N6O2S. The lowest BCUT2D eigenvalue weighted by Crippen LogP contribution is -2.47. The fourth-order valence-corrected chi connectivity index (χ4v) is 4.53. The molecule has 0 radical (unpaired) electrons. The average molecular weight is 386 g/mol. The smallest absolute Gasteiger partial charge is 0.244 e. The molecule has 1 aliphatic rings. The molecule has 0 spiro atoms. The monoisotopic (exact) mass is 386 g/mol. The number of aromatic nitrogens is 4. The van der Waals surface area contributed by atoms with E-state index in [4.69, 9.17) is 0 Å². The van der Waals surface area contributed by atoms with E-state index in [0.717, 1.165) is 30.8 Å². The Kier molecular flexibility index (Phi) is 4.71. The summed E-state index contributed by atoms with van der Waals surface area (Å²) in [7, 11) is -1.76. The quantitative estimate of drug-likeness (QED) is 0.719. The summed E-state index contributed by atoms with van der Waals surface area (Å²) in [6.45, 7) is 1.52. The fourth-order valence-electron chi connectivity index (χ4n) is 3.33. The Morgan fingerprint density at radius 1 is 1.07 bits per heavy atom. The van der Waals surface area contributed by atoms with Gasteiger partial charge in [-0.3, -0.25) is 4.68 Å². The number of anilines is 1. The van der Waals surface area contributed by atoms with Crippen molar-refractivity contribution in [2.45, 2.75) is 23.8 Å². The molecule has 0 unspecified atom stereocenters. The summed E-state index contributed by atoms with van der Waals surface area (Å²) < 4.78 is 31.7. The number of nitrogens with one attached hydrogen (secondary N) is 1. The van der Waals surface area contributed by atoms with Crippen LogP contribution in [0.2, 0.25) is 0 Å². The van der Waals surface area contributed by atoms with Crippen LogP contribution >= 0.6 is 0 Å². The number of piperidine rings is 1. The first-order valence-corrected chi connectivity index (χ1v) is 10.4. The number of sulfonamides is 1. The van der Waals surface area contributed by atoms with E-state index in [0.29, 0.717) is 6.54 Å². The molecule has 1 N–H and O–H groups in total. The highest BCUT2D eigenvalue weighted by atomic mass is 32.2. The Labute approximate surface area is 158 Å². The highest BCUT2D eigenvalue weighted by Gasteiger charge is 2.26. The maximum absolute atomic E-state index is 12.8. The molecule has 1 fully saturated rings. The standard InChI is InChI=1S/C18H22N6O2S/c1-22-13-17(10-19-22)23-9-5-6-15(12-23)21-27(25,26)18-11-20-24(14-18)16-7-3-2-4-8-16/h2-4,7-8,10-11,13-15,21H,5-6,9,12H2,1H3/t15-/m0/s1. The molecule has 8 nitrogen and oxygen atoms in total. The average Bonchev–Trinajstić information content (AvgIpc) is 3.32. The van der Waals surface area contributed by atoms with Gasteiger partial charge in [-0.1, -0.05) is 18.2 Å². The molecule has 0 saturated carbocycles. The Morgan fingerprint density at radius 3 is 2.63 bits per heavy atom. The van der Waals surface area contributed by atoms with Crippen LogP contribution in [0.3, 0.4) is 0 Å². The van der Waals surface area contributed by atoms with Gasteiger partial charge in [-0.05, 0) is 25.0 Å². The third-order valence-electron chi connectivity index (χ3n) is 4.69. The number of nitrogens with zero attached hydrogens (tertiary/aromatic N) is 5. The normalized spacial score (nSPS) is 18.0. The number of hydrogen-bond donors (Lipinski definition) is 1. The van der Waals surface area contributed by atoms with Crippen molar-refractivity contribution >= 4 is 15.7 Å². The number of hydrogen-bond acceptors (Lipinski definition) is 5. The lowest BCUT2D eigenvalue weighted by Gasteiger charge is -2.33. The minimum atomic E-state index is -3.63. The van der Waals surface area contributed by atoms with Crippen molar-refractivity contribution in [1.82, 2.24) is 24.3 Å². The number of aryl methyl sites for hydroxylation is 1. The summed E-state index contributed by atoms with van der Waals surface area (Å²) >= 11 is 0. The van der Waals surface area contributed by atoms with Gasteiger partial charge in [-0.25, -0.2) is 17.8 Å². The van der Waals surface area contributed by atoms with Gasteiger partial charge in [-0.2, -0.15) is 10.2 Å². The topological polar surface area (TPSA) is 85.0 Å². The van der Waals surface area contributed by atoms with Crippen LogP contribution in [0, 0.1) is 0 Å². The largest absolute Gasteiger partial charge is 0.367 e. The molecule has 142 valence electrons. The maximum Gasteiger partial charge on any atom is 0.244 e. The van der Waals surface area contributed by atoms with E-state index in [1.165, 1.54) is 6.20 Å². The maximum atomic E-state index is 12.8. The third kappa shape index (κ3) is 3.88. The van der Waals surface area contributed by atoms with E-state index in [1.54, 1.807) is 21.8 Å². The molecule has 2 aromatic heterocycles. The molecule has 0 amide bonds. The van der Waals surface area contributed by atoms with Gasteiger partial charge in [0.1, 0.15) is 4.90 Å². The van der Waals surface area contributed by atoms with E-state index in [9.17, 15) is 8.42 Å². The van der Waals surface area contributed by atoms with Crippen LogP contribution in [-0.2, 0) is 17.1 Å². The minimum Gasteiger partial charge on any atom is -0.367 e. The molecule has 1 saturated heterocycles.